The molecule has 0 bridgehead atoms. The first-order chi connectivity index (χ1) is 11.0. The van der Waals surface area contributed by atoms with Crippen LogP contribution in [-0.4, -0.2) is 24.1 Å². The van der Waals surface area contributed by atoms with Gasteiger partial charge in [-0.05, 0) is 36.8 Å². The summed E-state index contributed by atoms with van der Waals surface area (Å²) in [6.07, 6.45) is 1.07. The predicted molar refractivity (Wildman–Crippen MR) is 78.4 cm³/mol. The van der Waals surface area contributed by atoms with Crippen molar-refractivity contribution in [2.75, 3.05) is 6.61 Å². The molecule has 6 heteroatoms. The molecule has 1 unspecified atom stereocenters. The maximum atomic E-state index is 13.1. The first-order valence-electron chi connectivity index (χ1n) is 7.06. The van der Waals surface area contributed by atoms with Crippen LogP contribution in [0.5, 0.6) is 0 Å². The van der Waals surface area contributed by atoms with E-state index in [1.54, 1.807) is 13.0 Å². The predicted octanol–water partition coefficient (Wildman–Crippen LogP) is 2.91. The normalized spacial score (nSPS) is 11.7. The van der Waals surface area contributed by atoms with Crippen molar-refractivity contribution in [2.24, 2.45) is 0 Å². The Morgan fingerprint density at radius 3 is 2.43 bits per heavy atom. The Morgan fingerprint density at radius 1 is 1.17 bits per heavy atom. The number of Topliss-reactive ketones (excluding diaryl/α,β-unsaturated/α-hetero) is 2. The van der Waals surface area contributed by atoms with Crippen LogP contribution in [0.1, 0.15) is 35.4 Å². The number of benzene rings is 1. The van der Waals surface area contributed by atoms with Crippen molar-refractivity contribution in [1.82, 2.24) is 0 Å². The highest BCUT2D eigenvalue weighted by atomic mass is 19.1. The Balaban J connectivity index is 2.27. The van der Waals surface area contributed by atoms with Crippen LogP contribution in [0.3, 0.4) is 0 Å². The fourth-order valence-electron chi connectivity index (χ4n) is 2.12. The van der Waals surface area contributed by atoms with E-state index in [4.69, 9.17) is 9.15 Å². The standard InChI is InChI=1S/C17H15FO5/c1-2-22-17(21)16(20)13(11-5-7-12(18)8-6-11)10-14(19)15-4-3-9-23-15/h3-9,13H,2,10H2,1H3. The molecule has 1 aromatic heterocycles. The third kappa shape index (κ3) is 4.12. The Morgan fingerprint density at radius 2 is 1.87 bits per heavy atom. The summed E-state index contributed by atoms with van der Waals surface area (Å²) in [5.41, 5.74) is 0.365. The molecule has 2 aromatic rings. The van der Waals surface area contributed by atoms with Gasteiger partial charge < -0.3 is 9.15 Å². The van der Waals surface area contributed by atoms with Gasteiger partial charge in [-0.1, -0.05) is 12.1 Å². The summed E-state index contributed by atoms with van der Waals surface area (Å²) in [5.74, 6) is -3.73. The molecule has 0 saturated carbocycles. The van der Waals surface area contributed by atoms with Crippen molar-refractivity contribution in [3.05, 3.63) is 59.8 Å². The van der Waals surface area contributed by atoms with Gasteiger partial charge in [0, 0.05) is 6.42 Å². The molecule has 0 aliphatic rings. The molecule has 120 valence electrons. The average Bonchev–Trinajstić information content (AvgIpc) is 3.07. The molecule has 1 heterocycles. The number of halogens is 1. The highest BCUT2D eigenvalue weighted by Crippen LogP contribution is 2.24. The zero-order valence-corrected chi connectivity index (χ0v) is 12.5. The summed E-state index contributed by atoms with van der Waals surface area (Å²) in [4.78, 5) is 36.2. The molecule has 0 N–H and O–H groups in total. The Bertz CT molecular complexity index is 688. The maximum Gasteiger partial charge on any atom is 0.375 e. The third-order valence-corrected chi connectivity index (χ3v) is 3.25. The minimum atomic E-state index is -1.05. The van der Waals surface area contributed by atoms with Crippen molar-refractivity contribution >= 4 is 17.5 Å². The van der Waals surface area contributed by atoms with Crippen molar-refractivity contribution in [3.8, 4) is 0 Å². The van der Waals surface area contributed by atoms with Gasteiger partial charge in [-0.2, -0.15) is 0 Å². The van der Waals surface area contributed by atoms with Gasteiger partial charge in [0.25, 0.3) is 0 Å². The van der Waals surface area contributed by atoms with Crippen LogP contribution in [0.2, 0.25) is 0 Å². The first-order valence-corrected chi connectivity index (χ1v) is 7.06. The molecule has 1 aromatic carbocycles. The number of hydrogen-bond acceptors (Lipinski definition) is 5. The van der Waals surface area contributed by atoms with E-state index in [1.165, 1.54) is 24.5 Å². The second-order valence-corrected chi connectivity index (χ2v) is 4.79. The number of carbonyl (C=O) groups excluding carboxylic acids is 3. The largest absolute Gasteiger partial charge is 0.461 e. The van der Waals surface area contributed by atoms with Crippen LogP contribution in [0.25, 0.3) is 0 Å². The highest BCUT2D eigenvalue weighted by molar-refractivity contribution is 6.36. The number of esters is 1. The van der Waals surface area contributed by atoms with Gasteiger partial charge in [0.1, 0.15) is 5.82 Å². The Kier molecular flexibility index (Phi) is 5.41. The highest BCUT2D eigenvalue weighted by Gasteiger charge is 2.31. The summed E-state index contributed by atoms with van der Waals surface area (Å²) in [5, 5.41) is 0. The third-order valence-electron chi connectivity index (χ3n) is 3.25. The van der Waals surface area contributed by atoms with E-state index in [1.807, 2.05) is 0 Å². The number of carbonyl (C=O) groups is 3. The molecule has 0 spiro atoms. The van der Waals surface area contributed by atoms with Crippen molar-refractivity contribution in [2.45, 2.75) is 19.3 Å². The smallest absolute Gasteiger partial charge is 0.375 e. The zero-order chi connectivity index (χ0) is 16.8. The van der Waals surface area contributed by atoms with Crippen LogP contribution in [0.15, 0.2) is 47.1 Å². The second kappa shape index (κ2) is 7.49. The van der Waals surface area contributed by atoms with E-state index in [9.17, 15) is 18.8 Å². The maximum absolute atomic E-state index is 13.1. The molecular formula is C17H15FO5. The summed E-state index contributed by atoms with van der Waals surface area (Å²) in [7, 11) is 0. The van der Waals surface area contributed by atoms with Crippen molar-refractivity contribution in [1.29, 1.82) is 0 Å². The van der Waals surface area contributed by atoms with Gasteiger partial charge in [0.2, 0.25) is 5.78 Å². The molecule has 5 nitrogen and oxygen atoms in total. The van der Waals surface area contributed by atoms with E-state index >= 15 is 0 Å². The topological polar surface area (TPSA) is 73.6 Å². The minimum Gasteiger partial charge on any atom is -0.461 e. The minimum absolute atomic E-state index is 0.0485. The molecule has 0 radical (unpaired) electrons. The zero-order valence-electron chi connectivity index (χ0n) is 12.5. The molecule has 1 atom stereocenters. The van der Waals surface area contributed by atoms with Crippen LogP contribution < -0.4 is 0 Å². The number of rotatable bonds is 7. The number of hydrogen-bond donors (Lipinski definition) is 0. The van der Waals surface area contributed by atoms with E-state index < -0.39 is 29.3 Å². The summed E-state index contributed by atoms with van der Waals surface area (Å²) >= 11 is 0. The molecule has 23 heavy (non-hydrogen) atoms. The molecule has 0 amide bonds. The lowest BCUT2D eigenvalue weighted by molar-refractivity contribution is -0.154. The lowest BCUT2D eigenvalue weighted by Gasteiger charge is -2.14. The van der Waals surface area contributed by atoms with Gasteiger partial charge in [-0.25, -0.2) is 9.18 Å². The van der Waals surface area contributed by atoms with Crippen LogP contribution in [0, 0.1) is 5.82 Å². The van der Waals surface area contributed by atoms with E-state index in [0.29, 0.717) is 5.56 Å². The fraction of sp³-hybridized carbons (Fsp3) is 0.235. The average molecular weight is 318 g/mol. The van der Waals surface area contributed by atoms with Crippen LogP contribution in [-0.2, 0) is 14.3 Å². The number of ether oxygens (including phenoxy) is 1. The van der Waals surface area contributed by atoms with Crippen molar-refractivity contribution in [3.63, 3.8) is 0 Å². The van der Waals surface area contributed by atoms with Gasteiger partial charge in [-0.3, -0.25) is 9.59 Å². The SMILES string of the molecule is CCOC(=O)C(=O)C(CC(=O)c1ccco1)c1ccc(F)cc1. The number of ketones is 2. The summed E-state index contributed by atoms with van der Waals surface area (Å²) < 4.78 is 22.8. The van der Waals surface area contributed by atoms with E-state index in [0.717, 1.165) is 12.1 Å². The van der Waals surface area contributed by atoms with Crippen LogP contribution in [0.4, 0.5) is 4.39 Å². The Labute approximate surface area is 132 Å². The van der Waals surface area contributed by atoms with Gasteiger partial charge >= 0.3 is 5.97 Å². The van der Waals surface area contributed by atoms with E-state index in [-0.39, 0.29) is 18.8 Å². The summed E-state index contributed by atoms with van der Waals surface area (Å²) in [6, 6.07) is 8.08. The molecule has 0 fully saturated rings. The molecule has 2 rings (SSSR count). The second-order valence-electron chi connectivity index (χ2n) is 4.79. The van der Waals surface area contributed by atoms with Gasteiger partial charge in [-0.15, -0.1) is 0 Å². The van der Waals surface area contributed by atoms with Gasteiger partial charge in [0.15, 0.2) is 11.5 Å². The lowest BCUT2D eigenvalue weighted by Crippen LogP contribution is -2.26. The Hall–Kier alpha value is -2.76. The quantitative estimate of drug-likeness (QED) is 0.446. The molecule has 0 aliphatic heterocycles. The van der Waals surface area contributed by atoms with Crippen LogP contribution >= 0.6 is 0 Å². The van der Waals surface area contributed by atoms with Crippen molar-refractivity contribution < 1.29 is 27.9 Å². The number of furan rings is 1. The summed E-state index contributed by atoms with van der Waals surface area (Å²) in [6.45, 7) is 1.62. The monoisotopic (exact) mass is 318 g/mol. The van der Waals surface area contributed by atoms with E-state index in [2.05, 4.69) is 0 Å². The van der Waals surface area contributed by atoms with Gasteiger partial charge in [0.05, 0.1) is 18.8 Å². The lowest BCUT2D eigenvalue weighted by atomic mass is 9.89. The molecular weight excluding hydrogens is 303 g/mol. The first kappa shape index (κ1) is 16.6. The fourth-order valence-corrected chi connectivity index (χ4v) is 2.12. The molecule has 0 saturated heterocycles. The molecule has 0 aliphatic carbocycles.